The first kappa shape index (κ1) is 11.9. The van der Waals surface area contributed by atoms with Crippen molar-refractivity contribution in [3.8, 4) is 10.8 Å². The first-order valence-corrected chi connectivity index (χ1v) is 6.42. The second-order valence-corrected chi connectivity index (χ2v) is 4.82. The molecule has 0 unspecified atom stereocenters. The maximum Gasteiger partial charge on any atom is 0.269 e. The molecule has 0 fully saturated rings. The number of nitrogens with two attached hydrogens (primary N) is 1. The Morgan fingerprint density at radius 2 is 2.12 bits per heavy atom. The molecule has 92 valence electrons. The van der Waals surface area contributed by atoms with E-state index in [-0.39, 0.29) is 0 Å². The molecule has 2 heterocycles. The SMILES string of the molecule is CCN(CC)c1noc(-c2sc(N)cc2C)n1. The normalized spacial score (nSPS) is 10.8. The summed E-state index contributed by atoms with van der Waals surface area (Å²) >= 11 is 1.47. The summed E-state index contributed by atoms with van der Waals surface area (Å²) in [5.41, 5.74) is 6.83. The molecule has 17 heavy (non-hydrogen) atoms. The minimum atomic E-state index is 0.547. The van der Waals surface area contributed by atoms with Gasteiger partial charge in [0.1, 0.15) is 0 Å². The Balaban J connectivity index is 2.32. The first-order chi connectivity index (χ1) is 8.15. The zero-order valence-corrected chi connectivity index (χ0v) is 11.0. The van der Waals surface area contributed by atoms with Crippen molar-refractivity contribution in [1.82, 2.24) is 10.1 Å². The van der Waals surface area contributed by atoms with Crippen LogP contribution in [-0.4, -0.2) is 23.2 Å². The lowest BCUT2D eigenvalue weighted by Gasteiger charge is -2.14. The van der Waals surface area contributed by atoms with Crippen LogP contribution >= 0.6 is 11.3 Å². The van der Waals surface area contributed by atoms with Gasteiger partial charge in [-0.2, -0.15) is 4.98 Å². The van der Waals surface area contributed by atoms with Crippen LogP contribution in [0.15, 0.2) is 10.6 Å². The third-order valence-corrected chi connectivity index (χ3v) is 3.65. The van der Waals surface area contributed by atoms with E-state index in [1.165, 1.54) is 11.3 Å². The van der Waals surface area contributed by atoms with Gasteiger partial charge in [0.15, 0.2) is 0 Å². The van der Waals surface area contributed by atoms with Crippen LogP contribution < -0.4 is 10.6 Å². The Morgan fingerprint density at radius 1 is 1.41 bits per heavy atom. The van der Waals surface area contributed by atoms with E-state index in [0.29, 0.717) is 11.8 Å². The van der Waals surface area contributed by atoms with E-state index in [0.717, 1.165) is 28.5 Å². The number of hydrogen-bond acceptors (Lipinski definition) is 6. The Morgan fingerprint density at radius 3 is 2.65 bits per heavy atom. The van der Waals surface area contributed by atoms with Gasteiger partial charge in [-0.25, -0.2) is 0 Å². The standard InChI is InChI=1S/C11H16N4OS/c1-4-15(5-2)11-13-10(16-14-11)9-7(3)6-8(12)17-9/h6H,4-5,12H2,1-3H3. The molecular formula is C11H16N4OS. The van der Waals surface area contributed by atoms with Crippen molar-refractivity contribution in [1.29, 1.82) is 0 Å². The van der Waals surface area contributed by atoms with Crippen molar-refractivity contribution in [3.63, 3.8) is 0 Å². The Hall–Kier alpha value is -1.56. The number of aryl methyl sites for hydroxylation is 1. The molecule has 0 aliphatic rings. The van der Waals surface area contributed by atoms with Crippen LogP contribution in [0.1, 0.15) is 19.4 Å². The van der Waals surface area contributed by atoms with E-state index in [1.54, 1.807) is 0 Å². The monoisotopic (exact) mass is 252 g/mol. The van der Waals surface area contributed by atoms with Crippen LogP contribution in [0.4, 0.5) is 10.9 Å². The maximum atomic E-state index is 5.75. The lowest BCUT2D eigenvalue weighted by molar-refractivity contribution is 0.430. The summed E-state index contributed by atoms with van der Waals surface area (Å²) in [5, 5.41) is 4.75. The summed E-state index contributed by atoms with van der Waals surface area (Å²) < 4.78 is 5.28. The van der Waals surface area contributed by atoms with E-state index in [9.17, 15) is 0 Å². The maximum absolute atomic E-state index is 5.75. The average molecular weight is 252 g/mol. The van der Waals surface area contributed by atoms with E-state index in [4.69, 9.17) is 10.3 Å². The molecular weight excluding hydrogens is 236 g/mol. The summed E-state index contributed by atoms with van der Waals surface area (Å²) in [7, 11) is 0. The highest BCUT2D eigenvalue weighted by atomic mass is 32.1. The molecule has 6 heteroatoms. The Labute approximate surface area is 104 Å². The van der Waals surface area contributed by atoms with Crippen LogP contribution in [0.2, 0.25) is 0 Å². The molecule has 2 rings (SSSR count). The predicted molar refractivity (Wildman–Crippen MR) is 70.3 cm³/mol. The number of hydrogen-bond donors (Lipinski definition) is 1. The van der Waals surface area contributed by atoms with Crippen LogP contribution in [0, 0.1) is 6.92 Å². The molecule has 0 saturated heterocycles. The van der Waals surface area contributed by atoms with Crippen LogP contribution in [0.5, 0.6) is 0 Å². The molecule has 2 N–H and O–H groups in total. The van der Waals surface area contributed by atoms with Gasteiger partial charge in [0.05, 0.1) is 9.88 Å². The molecule has 0 radical (unpaired) electrons. The molecule has 0 spiro atoms. The van der Waals surface area contributed by atoms with Crippen LogP contribution in [0.3, 0.4) is 0 Å². The summed E-state index contributed by atoms with van der Waals surface area (Å²) in [6.45, 7) is 7.84. The number of nitrogen functional groups attached to an aromatic ring is 1. The first-order valence-electron chi connectivity index (χ1n) is 5.60. The molecule has 5 nitrogen and oxygen atoms in total. The molecule has 0 aliphatic heterocycles. The molecule has 0 amide bonds. The molecule has 0 aromatic carbocycles. The molecule has 2 aromatic heterocycles. The van der Waals surface area contributed by atoms with Crippen LogP contribution in [-0.2, 0) is 0 Å². The van der Waals surface area contributed by atoms with Gasteiger partial charge in [0.2, 0.25) is 0 Å². The highest BCUT2D eigenvalue weighted by Crippen LogP contribution is 2.33. The van der Waals surface area contributed by atoms with Crippen molar-refractivity contribution < 1.29 is 4.52 Å². The highest BCUT2D eigenvalue weighted by molar-refractivity contribution is 7.19. The van der Waals surface area contributed by atoms with E-state index in [1.807, 2.05) is 17.9 Å². The molecule has 0 atom stereocenters. The topological polar surface area (TPSA) is 68.2 Å². The molecule has 0 saturated carbocycles. The van der Waals surface area contributed by atoms with E-state index < -0.39 is 0 Å². The lowest BCUT2D eigenvalue weighted by atomic mass is 10.3. The Bertz CT molecular complexity index is 501. The second-order valence-electron chi connectivity index (χ2n) is 3.73. The van der Waals surface area contributed by atoms with Gasteiger partial charge < -0.3 is 15.2 Å². The lowest BCUT2D eigenvalue weighted by Crippen LogP contribution is -2.22. The number of anilines is 2. The fourth-order valence-corrected chi connectivity index (χ4v) is 2.52. The quantitative estimate of drug-likeness (QED) is 0.905. The average Bonchev–Trinajstić information content (AvgIpc) is 2.87. The minimum absolute atomic E-state index is 0.547. The zero-order valence-electron chi connectivity index (χ0n) is 10.2. The van der Waals surface area contributed by atoms with Crippen molar-refractivity contribution in [3.05, 3.63) is 11.6 Å². The van der Waals surface area contributed by atoms with Crippen molar-refractivity contribution >= 4 is 22.3 Å². The van der Waals surface area contributed by atoms with Gasteiger partial charge in [-0.1, -0.05) is 0 Å². The largest absolute Gasteiger partial charge is 0.391 e. The van der Waals surface area contributed by atoms with Crippen molar-refractivity contribution in [2.45, 2.75) is 20.8 Å². The number of aromatic nitrogens is 2. The predicted octanol–water partition coefficient (Wildman–Crippen LogP) is 2.53. The van der Waals surface area contributed by atoms with Gasteiger partial charge in [0, 0.05) is 13.1 Å². The summed E-state index contributed by atoms with van der Waals surface area (Å²) in [5.74, 6) is 1.18. The zero-order chi connectivity index (χ0) is 12.4. The van der Waals surface area contributed by atoms with E-state index >= 15 is 0 Å². The fraction of sp³-hybridized carbons (Fsp3) is 0.455. The second kappa shape index (κ2) is 4.75. The third kappa shape index (κ3) is 2.26. The van der Waals surface area contributed by atoms with Crippen molar-refractivity contribution in [2.75, 3.05) is 23.7 Å². The fourth-order valence-electron chi connectivity index (χ4n) is 1.66. The number of rotatable bonds is 4. The highest BCUT2D eigenvalue weighted by Gasteiger charge is 2.16. The van der Waals surface area contributed by atoms with Gasteiger partial charge in [-0.3, -0.25) is 0 Å². The Kier molecular flexibility index (Phi) is 3.33. The number of thiophene rings is 1. The molecule has 0 aliphatic carbocycles. The van der Waals surface area contributed by atoms with Gasteiger partial charge in [0.25, 0.3) is 11.8 Å². The van der Waals surface area contributed by atoms with Gasteiger partial charge in [-0.05, 0) is 37.6 Å². The number of nitrogens with zero attached hydrogens (tertiary/aromatic N) is 3. The minimum Gasteiger partial charge on any atom is -0.391 e. The van der Waals surface area contributed by atoms with Gasteiger partial charge in [-0.15, -0.1) is 11.3 Å². The third-order valence-electron chi connectivity index (χ3n) is 2.59. The van der Waals surface area contributed by atoms with E-state index in [2.05, 4.69) is 24.0 Å². The summed E-state index contributed by atoms with van der Waals surface area (Å²) in [6, 6.07) is 1.92. The summed E-state index contributed by atoms with van der Waals surface area (Å²) in [4.78, 5) is 7.39. The molecule has 2 aromatic rings. The van der Waals surface area contributed by atoms with Crippen molar-refractivity contribution in [2.24, 2.45) is 0 Å². The molecule has 0 bridgehead atoms. The van der Waals surface area contributed by atoms with Gasteiger partial charge >= 0.3 is 0 Å². The smallest absolute Gasteiger partial charge is 0.269 e. The summed E-state index contributed by atoms with van der Waals surface area (Å²) in [6.07, 6.45) is 0. The van der Waals surface area contributed by atoms with Crippen LogP contribution in [0.25, 0.3) is 10.8 Å².